The van der Waals surface area contributed by atoms with Crippen molar-refractivity contribution in [2.75, 3.05) is 0 Å². The molecule has 0 aliphatic rings. The first kappa shape index (κ1) is 20.5. The van der Waals surface area contributed by atoms with Crippen LogP contribution >= 0.6 is 11.3 Å². The van der Waals surface area contributed by atoms with Gasteiger partial charge in [-0.3, -0.25) is 9.59 Å². The lowest BCUT2D eigenvalue weighted by Crippen LogP contribution is -2.30. The number of amides is 1. The maximum atomic E-state index is 13.0. The summed E-state index contributed by atoms with van der Waals surface area (Å²) in [5.74, 6) is -1.90. The third-order valence-corrected chi connectivity index (χ3v) is 4.91. The highest BCUT2D eigenvalue weighted by molar-refractivity contribution is 7.12. The zero-order valence-corrected chi connectivity index (χ0v) is 15.6. The van der Waals surface area contributed by atoms with Gasteiger partial charge in [-0.25, -0.2) is 4.98 Å². The number of benzene rings is 2. The molecule has 29 heavy (non-hydrogen) atoms. The monoisotopic (exact) mass is 420 g/mol. The Bertz CT molecular complexity index is 1020. The van der Waals surface area contributed by atoms with Crippen LogP contribution in [-0.4, -0.2) is 22.0 Å². The summed E-state index contributed by atoms with van der Waals surface area (Å²) < 4.78 is 38.9. The van der Waals surface area contributed by atoms with Gasteiger partial charge in [0.25, 0.3) is 5.91 Å². The fourth-order valence-corrected chi connectivity index (χ4v) is 3.43. The van der Waals surface area contributed by atoms with Gasteiger partial charge < -0.3 is 10.4 Å². The van der Waals surface area contributed by atoms with E-state index in [0.717, 1.165) is 29.0 Å². The summed E-state index contributed by atoms with van der Waals surface area (Å²) >= 11 is 1.07. The number of carbonyl (C=O) groups excluding carboxylic acids is 1. The Kier molecular flexibility index (Phi) is 5.97. The summed E-state index contributed by atoms with van der Waals surface area (Å²) in [7, 11) is 0. The Hall–Kier alpha value is -3.20. The van der Waals surface area contributed by atoms with Crippen LogP contribution < -0.4 is 5.32 Å². The van der Waals surface area contributed by atoms with E-state index < -0.39 is 36.1 Å². The number of nitrogens with zero attached hydrogens (tertiary/aromatic N) is 1. The minimum atomic E-state index is -4.58. The number of alkyl halides is 3. The summed E-state index contributed by atoms with van der Waals surface area (Å²) in [6.45, 7) is 0. The molecule has 0 saturated carbocycles. The first-order valence-electron chi connectivity index (χ1n) is 8.45. The van der Waals surface area contributed by atoms with E-state index in [2.05, 4.69) is 10.3 Å². The van der Waals surface area contributed by atoms with Crippen molar-refractivity contribution in [3.8, 4) is 11.3 Å². The molecular weight excluding hydrogens is 405 g/mol. The normalized spacial score (nSPS) is 12.4. The van der Waals surface area contributed by atoms with Gasteiger partial charge >= 0.3 is 12.1 Å². The lowest BCUT2D eigenvalue weighted by molar-refractivity contribution is -0.138. The van der Waals surface area contributed by atoms with Gasteiger partial charge in [-0.15, -0.1) is 11.3 Å². The molecule has 3 aromatic rings. The molecular formula is C20H15F3N2O3S. The average molecular weight is 420 g/mol. The van der Waals surface area contributed by atoms with E-state index >= 15 is 0 Å². The van der Waals surface area contributed by atoms with Crippen molar-refractivity contribution < 1.29 is 27.9 Å². The summed E-state index contributed by atoms with van der Waals surface area (Å²) in [5.41, 5.74) is 0.521. The molecule has 0 fully saturated rings. The first-order valence-corrected chi connectivity index (χ1v) is 9.33. The molecule has 0 saturated heterocycles. The SMILES string of the molecule is O=C(O)CC(NC(=O)c1nc(-c2ccccc2)cs1)c1cccc(C(F)(F)F)c1. The number of carboxylic acid groups (broad SMARTS) is 1. The fourth-order valence-electron chi connectivity index (χ4n) is 2.70. The highest BCUT2D eigenvalue weighted by Gasteiger charge is 2.31. The Labute approximate surface area is 167 Å². The number of nitrogens with one attached hydrogen (secondary N) is 1. The average Bonchev–Trinajstić information content (AvgIpc) is 3.18. The molecule has 1 heterocycles. The quantitative estimate of drug-likeness (QED) is 0.602. The summed E-state index contributed by atoms with van der Waals surface area (Å²) in [6, 6.07) is 12.3. The van der Waals surface area contributed by atoms with Crippen LogP contribution in [0.4, 0.5) is 13.2 Å². The number of carbonyl (C=O) groups is 2. The van der Waals surface area contributed by atoms with Crippen molar-refractivity contribution in [3.63, 3.8) is 0 Å². The highest BCUT2D eigenvalue weighted by Crippen LogP contribution is 2.31. The van der Waals surface area contributed by atoms with Crippen molar-refractivity contribution >= 4 is 23.2 Å². The number of thiazole rings is 1. The number of rotatable bonds is 6. The fraction of sp³-hybridized carbons (Fsp3) is 0.150. The molecule has 2 aromatic carbocycles. The van der Waals surface area contributed by atoms with Crippen LogP contribution in [0.1, 0.15) is 33.4 Å². The first-order chi connectivity index (χ1) is 13.7. The number of hydrogen-bond donors (Lipinski definition) is 2. The molecule has 1 aromatic heterocycles. The van der Waals surface area contributed by atoms with Gasteiger partial charge in [0.05, 0.1) is 23.7 Å². The molecule has 150 valence electrons. The predicted molar refractivity (Wildman–Crippen MR) is 101 cm³/mol. The number of hydrogen-bond acceptors (Lipinski definition) is 4. The minimum Gasteiger partial charge on any atom is -0.481 e. The van der Waals surface area contributed by atoms with E-state index in [1.54, 1.807) is 5.38 Å². The van der Waals surface area contributed by atoms with Gasteiger partial charge in [-0.2, -0.15) is 13.2 Å². The van der Waals surface area contributed by atoms with Crippen LogP contribution in [-0.2, 0) is 11.0 Å². The van der Waals surface area contributed by atoms with Crippen molar-refractivity contribution in [1.82, 2.24) is 10.3 Å². The van der Waals surface area contributed by atoms with Gasteiger partial charge in [0.2, 0.25) is 0 Å². The van der Waals surface area contributed by atoms with E-state index in [9.17, 15) is 22.8 Å². The van der Waals surface area contributed by atoms with Gasteiger partial charge in [0.15, 0.2) is 5.01 Å². The molecule has 1 unspecified atom stereocenters. The van der Waals surface area contributed by atoms with Gasteiger partial charge in [-0.05, 0) is 17.7 Å². The second kappa shape index (κ2) is 8.44. The molecule has 9 heteroatoms. The molecule has 2 N–H and O–H groups in total. The molecule has 1 amide bonds. The second-order valence-corrected chi connectivity index (χ2v) is 7.01. The Morgan fingerprint density at radius 3 is 2.48 bits per heavy atom. The molecule has 0 aliphatic carbocycles. The Morgan fingerprint density at radius 1 is 1.10 bits per heavy atom. The van der Waals surface area contributed by atoms with Gasteiger partial charge in [0.1, 0.15) is 0 Å². The predicted octanol–water partition coefficient (Wildman–Crippen LogP) is 4.77. The summed E-state index contributed by atoms with van der Waals surface area (Å²) in [5, 5.41) is 13.4. The topological polar surface area (TPSA) is 79.3 Å². The molecule has 0 bridgehead atoms. The third kappa shape index (κ3) is 5.20. The molecule has 5 nitrogen and oxygen atoms in total. The summed E-state index contributed by atoms with van der Waals surface area (Å²) in [4.78, 5) is 28.0. The molecule has 0 aliphatic heterocycles. The van der Waals surface area contributed by atoms with Crippen molar-refractivity contribution in [3.05, 3.63) is 76.1 Å². The number of aliphatic carboxylic acids is 1. The van der Waals surface area contributed by atoms with Gasteiger partial charge in [0, 0.05) is 10.9 Å². The van der Waals surface area contributed by atoms with Crippen molar-refractivity contribution in [2.24, 2.45) is 0 Å². The number of aromatic nitrogens is 1. The smallest absolute Gasteiger partial charge is 0.416 e. The van der Waals surface area contributed by atoms with Gasteiger partial charge in [-0.1, -0.05) is 42.5 Å². The number of halogens is 3. The largest absolute Gasteiger partial charge is 0.481 e. The molecule has 1 atom stereocenters. The molecule has 0 radical (unpaired) electrons. The standard InChI is InChI=1S/C20H15F3N2O3S/c21-20(22,23)14-8-4-7-13(9-14)15(10-17(26)27)24-18(28)19-25-16(11-29-19)12-5-2-1-3-6-12/h1-9,11,15H,10H2,(H,24,28)(H,26,27). The zero-order chi connectivity index (χ0) is 21.0. The van der Waals surface area contributed by atoms with E-state index in [1.807, 2.05) is 30.3 Å². The lowest BCUT2D eigenvalue weighted by Gasteiger charge is -2.18. The van der Waals surface area contributed by atoms with Crippen molar-refractivity contribution in [1.29, 1.82) is 0 Å². The summed E-state index contributed by atoms with van der Waals surface area (Å²) in [6.07, 6.45) is -5.14. The molecule has 0 spiro atoms. The van der Waals surface area contributed by atoms with Crippen LogP contribution in [0, 0.1) is 0 Å². The zero-order valence-electron chi connectivity index (χ0n) is 14.8. The third-order valence-electron chi connectivity index (χ3n) is 4.07. The van der Waals surface area contributed by atoms with E-state index in [-0.39, 0.29) is 10.6 Å². The minimum absolute atomic E-state index is 0.0513. The Balaban J connectivity index is 1.83. The van der Waals surface area contributed by atoms with E-state index in [4.69, 9.17) is 5.11 Å². The van der Waals surface area contributed by atoms with Crippen LogP contribution in [0.5, 0.6) is 0 Å². The Morgan fingerprint density at radius 2 is 1.83 bits per heavy atom. The van der Waals surface area contributed by atoms with Crippen LogP contribution in [0.2, 0.25) is 0 Å². The van der Waals surface area contributed by atoms with E-state index in [0.29, 0.717) is 5.69 Å². The van der Waals surface area contributed by atoms with E-state index in [1.165, 1.54) is 12.1 Å². The van der Waals surface area contributed by atoms with Crippen LogP contribution in [0.25, 0.3) is 11.3 Å². The number of carboxylic acids is 1. The highest BCUT2D eigenvalue weighted by atomic mass is 32.1. The maximum absolute atomic E-state index is 13.0. The van der Waals surface area contributed by atoms with Crippen LogP contribution in [0.3, 0.4) is 0 Å². The van der Waals surface area contributed by atoms with Crippen LogP contribution in [0.15, 0.2) is 60.0 Å². The molecule has 3 rings (SSSR count). The second-order valence-electron chi connectivity index (χ2n) is 6.15. The maximum Gasteiger partial charge on any atom is 0.416 e. The lowest BCUT2D eigenvalue weighted by atomic mass is 10.0. The van der Waals surface area contributed by atoms with Crippen molar-refractivity contribution in [2.45, 2.75) is 18.6 Å².